The van der Waals surface area contributed by atoms with Gasteiger partial charge in [0.25, 0.3) is 5.78 Å². The van der Waals surface area contributed by atoms with Crippen molar-refractivity contribution in [3.05, 3.63) is 60.4 Å². The number of piperidine rings is 1. The molecule has 4 heterocycles. The topological polar surface area (TPSA) is 92.7 Å². The average molecular weight is 511 g/mol. The van der Waals surface area contributed by atoms with Crippen molar-refractivity contribution in [1.82, 2.24) is 39.4 Å². The van der Waals surface area contributed by atoms with Gasteiger partial charge in [-0.2, -0.15) is 4.52 Å². The number of rotatable bonds is 8. The molecule has 1 aliphatic rings. The Morgan fingerprint density at radius 3 is 2.58 bits per heavy atom. The second-order valence-electron chi connectivity index (χ2n) is 10.4. The minimum Gasteiger partial charge on any atom is -0.355 e. The molecule has 0 saturated carbocycles. The first-order chi connectivity index (χ1) is 18.6. The van der Waals surface area contributed by atoms with Crippen molar-refractivity contribution in [2.45, 2.75) is 64.5 Å². The summed E-state index contributed by atoms with van der Waals surface area (Å²) in [5.74, 6) is 2.18. The maximum atomic E-state index is 12.6. The van der Waals surface area contributed by atoms with Crippen LogP contribution >= 0.6 is 0 Å². The zero-order valence-corrected chi connectivity index (χ0v) is 22.0. The first kappa shape index (κ1) is 24.5. The van der Waals surface area contributed by atoms with Crippen molar-refractivity contribution in [3.8, 4) is 11.4 Å². The summed E-state index contributed by atoms with van der Waals surface area (Å²) >= 11 is 0. The maximum Gasteiger partial charge on any atom is 0.258 e. The number of nitrogens with zero attached hydrogens (tertiary/aromatic N) is 7. The number of aromatic nitrogens is 6. The van der Waals surface area contributed by atoms with Crippen LogP contribution in [0.3, 0.4) is 0 Å². The van der Waals surface area contributed by atoms with E-state index in [1.165, 1.54) is 19.3 Å². The second-order valence-corrected chi connectivity index (χ2v) is 10.4. The molecule has 1 saturated heterocycles. The summed E-state index contributed by atoms with van der Waals surface area (Å²) in [4.78, 5) is 19.9. The van der Waals surface area contributed by atoms with E-state index >= 15 is 0 Å². The molecular formula is C29H34N8O. The molecule has 9 nitrogen and oxygen atoms in total. The van der Waals surface area contributed by atoms with E-state index in [1.54, 1.807) is 4.52 Å². The van der Waals surface area contributed by atoms with E-state index in [9.17, 15) is 4.79 Å². The van der Waals surface area contributed by atoms with E-state index in [2.05, 4.69) is 46.4 Å². The minimum atomic E-state index is 0.0900. The van der Waals surface area contributed by atoms with Gasteiger partial charge in [-0.1, -0.05) is 48.9 Å². The quantitative estimate of drug-likeness (QED) is 0.335. The number of benzene rings is 2. The first-order valence-electron chi connectivity index (χ1n) is 13.7. The van der Waals surface area contributed by atoms with Gasteiger partial charge in [-0.15, -0.1) is 15.3 Å². The average Bonchev–Trinajstić information content (AvgIpc) is 3.56. The Bertz CT molecular complexity index is 1560. The third-order valence-corrected chi connectivity index (χ3v) is 7.80. The summed E-state index contributed by atoms with van der Waals surface area (Å²) in [5, 5.41) is 17.9. The van der Waals surface area contributed by atoms with E-state index in [0.717, 1.165) is 34.5 Å². The van der Waals surface area contributed by atoms with Gasteiger partial charge in [-0.05, 0) is 45.2 Å². The highest BCUT2D eigenvalue weighted by atomic mass is 16.1. The number of hydrogen-bond donors (Lipinski definition) is 1. The van der Waals surface area contributed by atoms with Crippen LogP contribution in [0.2, 0.25) is 0 Å². The zero-order valence-electron chi connectivity index (χ0n) is 22.0. The van der Waals surface area contributed by atoms with Gasteiger partial charge < -0.3 is 5.32 Å². The minimum absolute atomic E-state index is 0.0900. The fraction of sp³-hybridized carbons (Fsp3) is 0.414. The van der Waals surface area contributed by atoms with Crippen LogP contribution in [0.4, 0.5) is 0 Å². The Balaban J connectivity index is 1.18. The second kappa shape index (κ2) is 10.5. The van der Waals surface area contributed by atoms with Gasteiger partial charge in [0.1, 0.15) is 5.82 Å². The van der Waals surface area contributed by atoms with E-state index < -0.39 is 0 Å². The van der Waals surface area contributed by atoms with E-state index in [1.807, 2.05) is 46.9 Å². The van der Waals surface area contributed by atoms with Gasteiger partial charge in [-0.25, -0.2) is 4.98 Å². The van der Waals surface area contributed by atoms with Crippen LogP contribution in [-0.4, -0.2) is 65.2 Å². The number of amides is 1. The number of para-hydroxylation sites is 1. The van der Waals surface area contributed by atoms with Gasteiger partial charge in [-0.3, -0.25) is 14.1 Å². The van der Waals surface area contributed by atoms with E-state index in [0.29, 0.717) is 49.5 Å². The molecule has 3 aromatic heterocycles. The van der Waals surface area contributed by atoms with Gasteiger partial charge >= 0.3 is 0 Å². The monoisotopic (exact) mass is 510 g/mol. The highest BCUT2D eigenvalue weighted by molar-refractivity contribution is 5.94. The molecule has 0 bridgehead atoms. The number of nitrogens with one attached hydrogen (secondary N) is 1. The van der Waals surface area contributed by atoms with Crippen molar-refractivity contribution in [2.75, 3.05) is 13.1 Å². The molecule has 0 radical (unpaired) electrons. The molecule has 2 atom stereocenters. The lowest BCUT2D eigenvalue weighted by Crippen LogP contribution is -2.47. The predicted octanol–water partition coefficient (Wildman–Crippen LogP) is 4.29. The first-order valence-corrected chi connectivity index (χ1v) is 13.7. The lowest BCUT2D eigenvalue weighted by molar-refractivity contribution is -0.121. The number of likely N-dealkylation sites (tertiary alicyclic amines) is 1. The van der Waals surface area contributed by atoms with Crippen LogP contribution in [0.15, 0.2) is 54.6 Å². The molecule has 9 heteroatoms. The summed E-state index contributed by atoms with van der Waals surface area (Å²) < 4.78 is 3.82. The SMILES string of the molecule is CC1CCCC(C)N1CCNC(=O)CCCc1nnc2n3nc(-c4ccccc4)nc3c3ccccc3n12. The van der Waals surface area contributed by atoms with Crippen LogP contribution in [0.5, 0.6) is 0 Å². The van der Waals surface area contributed by atoms with Crippen LogP contribution in [-0.2, 0) is 11.2 Å². The summed E-state index contributed by atoms with van der Waals surface area (Å²) in [6.07, 6.45) is 5.59. The zero-order chi connectivity index (χ0) is 26.1. The lowest BCUT2D eigenvalue weighted by Gasteiger charge is -2.39. The highest BCUT2D eigenvalue weighted by Crippen LogP contribution is 2.25. The van der Waals surface area contributed by atoms with Crippen LogP contribution in [0, 0.1) is 0 Å². The highest BCUT2D eigenvalue weighted by Gasteiger charge is 2.24. The normalized spacial score (nSPS) is 18.5. The van der Waals surface area contributed by atoms with Crippen LogP contribution in [0.1, 0.15) is 51.8 Å². The molecule has 0 aliphatic carbocycles. The summed E-state index contributed by atoms with van der Waals surface area (Å²) in [6, 6.07) is 19.2. The Hall–Kier alpha value is -3.85. The van der Waals surface area contributed by atoms with Gasteiger partial charge in [0.2, 0.25) is 5.91 Å². The lowest BCUT2D eigenvalue weighted by atomic mass is 9.98. The summed E-state index contributed by atoms with van der Waals surface area (Å²) in [5.41, 5.74) is 2.69. The van der Waals surface area contributed by atoms with Gasteiger partial charge in [0.15, 0.2) is 11.5 Å². The Labute approximate surface area is 221 Å². The molecule has 5 aromatic rings. The summed E-state index contributed by atoms with van der Waals surface area (Å²) in [7, 11) is 0. The molecule has 6 rings (SSSR count). The fourth-order valence-electron chi connectivity index (χ4n) is 5.78. The largest absolute Gasteiger partial charge is 0.355 e. The third-order valence-electron chi connectivity index (χ3n) is 7.80. The number of hydrogen-bond acceptors (Lipinski definition) is 6. The Morgan fingerprint density at radius 1 is 1.00 bits per heavy atom. The molecule has 196 valence electrons. The van der Waals surface area contributed by atoms with E-state index in [4.69, 9.17) is 10.1 Å². The van der Waals surface area contributed by atoms with Gasteiger partial charge in [0, 0.05) is 49.0 Å². The summed E-state index contributed by atoms with van der Waals surface area (Å²) in [6.45, 7) is 6.19. The smallest absolute Gasteiger partial charge is 0.258 e. The maximum absolute atomic E-state index is 12.6. The Kier molecular flexibility index (Phi) is 6.76. The van der Waals surface area contributed by atoms with Crippen LogP contribution in [0.25, 0.3) is 33.7 Å². The fourth-order valence-corrected chi connectivity index (χ4v) is 5.78. The number of carbonyl (C=O) groups is 1. The molecule has 2 unspecified atom stereocenters. The molecular weight excluding hydrogens is 476 g/mol. The molecule has 1 N–H and O–H groups in total. The third kappa shape index (κ3) is 4.62. The number of carbonyl (C=O) groups excluding carboxylic acids is 1. The molecule has 2 aromatic carbocycles. The van der Waals surface area contributed by atoms with Crippen molar-refractivity contribution in [2.24, 2.45) is 0 Å². The van der Waals surface area contributed by atoms with Crippen molar-refractivity contribution < 1.29 is 4.79 Å². The molecule has 1 fully saturated rings. The number of aryl methyl sites for hydroxylation is 1. The standard InChI is InChI=1S/C29H34N8O/c1-20-10-8-11-21(2)35(20)19-18-30-26(38)17-9-16-25-32-33-29-36(25)24-15-7-6-14-23(24)28-31-27(34-37(28)29)22-12-4-3-5-13-22/h3-7,12-15,20-21H,8-11,16-19H2,1-2H3,(H,30,38). The van der Waals surface area contributed by atoms with Crippen molar-refractivity contribution in [3.63, 3.8) is 0 Å². The predicted molar refractivity (Wildman–Crippen MR) is 148 cm³/mol. The number of fused-ring (bicyclic) bond motifs is 6. The van der Waals surface area contributed by atoms with Crippen molar-refractivity contribution >= 4 is 28.2 Å². The van der Waals surface area contributed by atoms with Crippen molar-refractivity contribution in [1.29, 1.82) is 0 Å². The van der Waals surface area contributed by atoms with E-state index in [-0.39, 0.29) is 5.91 Å². The molecule has 1 aliphatic heterocycles. The Morgan fingerprint density at radius 2 is 1.76 bits per heavy atom. The molecule has 0 spiro atoms. The van der Waals surface area contributed by atoms with Gasteiger partial charge in [0.05, 0.1) is 5.52 Å². The molecule has 1 amide bonds. The molecule has 38 heavy (non-hydrogen) atoms. The van der Waals surface area contributed by atoms with Crippen LogP contribution < -0.4 is 5.32 Å².